The maximum Gasteiger partial charge on any atom is 0.308 e. The Hall–Kier alpha value is -1.18. The summed E-state index contributed by atoms with van der Waals surface area (Å²) in [6, 6.07) is 3.15. The highest BCUT2D eigenvalue weighted by atomic mass is 35.5. The van der Waals surface area contributed by atoms with E-state index in [4.69, 9.17) is 11.6 Å². The fraction of sp³-hybridized carbons (Fsp3) is 0.500. The lowest BCUT2D eigenvalue weighted by molar-refractivity contribution is -0.142. The molecule has 2 heterocycles. The number of halogens is 2. The molecule has 0 aromatic heterocycles. The fourth-order valence-electron chi connectivity index (χ4n) is 3.55. The summed E-state index contributed by atoms with van der Waals surface area (Å²) in [6.45, 7) is 0. The second kappa shape index (κ2) is 5.47. The lowest BCUT2D eigenvalue weighted by atomic mass is 9.89. The minimum Gasteiger partial charge on any atom is -0.481 e. The number of carbonyl (C=O) groups is 1. The first-order valence-electron chi connectivity index (χ1n) is 6.97. The van der Waals surface area contributed by atoms with E-state index >= 15 is 0 Å². The van der Waals surface area contributed by atoms with Crippen molar-refractivity contribution in [1.82, 2.24) is 4.31 Å². The Labute approximate surface area is 132 Å². The lowest BCUT2D eigenvalue weighted by Gasteiger charge is -2.22. The molecular weight excluding hydrogens is 333 g/mol. The molecule has 2 aliphatic heterocycles. The van der Waals surface area contributed by atoms with Gasteiger partial charge >= 0.3 is 5.97 Å². The Balaban J connectivity index is 1.84. The van der Waals surface area contributed by atoms with Crippen LogP contribution in [0.15, 0.2) is 18.2 Å². The maximum atomic E-state index is 13.4. The van der Waals surface area contributed by atoms with Gasteiger partial charge in [-0.2, -0.15) is 4.31 Å². The van der Waals surface area contributed by atoms with Crippen molar-refractivity contribution >= 4 is 27.6 Å². The van der Waals surface area contributed by atoms with Crippen LogP contribution in [0.1, 0.15) is 24.8 Å². The molecule has 8 heteroatoms. The van der Waals surface area contributed by atoms with E-state index in [0.717, 1.165) is 6.07 Å². The van der Waals surface area contributed by atoms with E-state index < -0.39 is 33.8 Å². The topological polar surface area (TPSA) is 74.7 Å². The molecule has 5 nitrogen and oxygen atoms in total. The van der Waals surface area contributed by atoms with Gasteiger partial charge in [0.05, 0.1) is 16.7 Å². The minimum atomic E-state index is -3.68. The fourth-order valence-corrected chi connectivity index (χ4v) is 5.73. The number of rotatable bonds is 4. The first kappa shape index (κ1) is 15.7. The first-order valence-corrected chi connectivity index (χ1v) is 8.96. The molecule has 0 aliphatic carbocycles. The summed E-state index contributed by atoms with van der Waals surface area (Å²) in [7, 11) is -3.68. The molecule has 2 fully saturated rings. The van der Waals surface area contributed by atoms with E-state index in [1.807, 2.05) is 0 Å². The Kier molecular flexibility index (Phi) is 3.91. The monoisotopic (exact) mass is 347 g/mol. The molecule has 3 rings (SSSR count). The predicted octanol–water partition coefficient (Wildman–Crippen LogP) is 2.25. The van der Waals surface area contributed by atoms with Crippen molar-refractivity contribution in [3.05, 3.63) is 34.6 Å². The van der Waals surface area contributed by atoms with Gasteiger partial charge in [0.2, 0.25) is 10.0 Å². The summed E-state index contributed by atoms with van der Waals surface area (Å²) in [5.41, 5.74) is 0.306. The van der Waals surface area contributed by atoms with Crippen LogP contribution in [0.4, 0.5) is 4.39 Å². The average molecular weight is 348 g/mol. The van der Waals surface area contributed by atoms with E-state index in [-0.39, 0.29) is 16.8 Å². The summed E-state index contributed by atoms with van der Waals surface area (Å²) in [5.74, 6) is -2.61. The summed E-state index contributed by atoms with van der Waals surface area (Å²) < 4.78 is 40.0. The summed E-state index contributed by atoms with van der Waals surface area (Å²) in [6.07, 6.45) is 1.60. The van der Waals surface area contributed by atoms with Crippen molar-refractivity contribution in [2.24, 2.45) is 5.92 Å². The van der Waals surface area contributed by atoms with Crippen molar-refractivity contribution in [3.8, 4) is 0 Å². The van der Waals surface area contributed by atoms with Gasteiger partial charge in [0.25, 0.3) is 0 Å². The lowest BCUT2D eigenvalue weighted by Crippen LogP contribution is -2.38. The molecular formula is C14H15ClFNO4S. The highest BCUT2D eigenvalue weighted by Crippen LogP contribution is 2.44. The minimum absolute atomic E-state index is 0.0617. The highest BCUT2D eigenvalue weighted by Gasteiger charge is 2.53. The number of sulfonamides is 1. The number of nitrogens with zero attached hydrogens (tertiary/aromatic N) is 1. The zero-order valence-corrected chi connectivity index (χ0v) is 13.1. The standard InChI is InChI=1S/C14H15ClFNO4S/c15-11-3-1-8(5-12(11)16)7-22(20,21)17-9-2-4-13(17)10(6-9)14(18)19/h1,3,5,9-10,13H,2,4,6-7H2,(H,18,19). The van der Waals surface area contributed by atoms with Crippen molar-refractivity contribution in [3.63, 3.8) is 0 Å². The van der Waals surface area contributed by atoms with Crippen LogP contribution in [-0.4, -0.2) is 35.9 Å². The third-order valence-corrected chi connectivity index (χ3v) is 6.66. The Morgan fingerprint density at radius 2 is 2.14 bits per heavy atom. The largest absolute Gasteiger partial charge is 0.481 e. The van der Waals surface area contributed by atoms with Gasteiger partial charge in [-0.25, -0.2) is 12.8 Å². The zero-order valence-electron chi connectivity index (χ0n) is 11.6. The zero-order chi connectivity index (χ0) is 16.1. The van der Waals surface area contributed by atoms with Gasteiger partial charge < -0.3 is 5.11 Å². The van der Waals surface area contributed by atoms with E-state index in [2.05, 4.69) is 0 Å². The van der Waals surface area contributed by atoms with Gasteiger partial charge in [0, 0.05) is 12.1 Å². The van der Waals surface area contributed by atoms with Gasteiger partial charge in [-0.15, -0.1) is 0 Å². The summed E-state index contributed by atoms with van der Waals surface area (Å²) >= 11 is 5.59. The van der Waals surface area contributed by atoms with Crippen molar-refractivity contribution in [2.75, 3.05) is 0 Å². The molecule has 2 bridgehead atoms. The van der Waals surface area contributed by atoms with E-state index in [0.29, 0.717) is 24.8 Å². The van der Waals surface area contributed by atoms with Crippen molar-refractivity contribution in [2.45, 2.75) is 37.1 Å². The highest BCUT2D eigenvalue weighted by molar-refractivity contribution is 7.88. The Bertz CT molecular complexity index is 724. The molecule has 3 atom stereocenters. The third-order valence-electron chi connectivity index (χ3n) is 4.44. The number of fused-ring (bicyclic) bond motifs is 2. The van der Waals surface area contributed by atoms with E-state index in [9.17, 15) is 22.7 Å². The van der Waals surface area contributed by atoms with Gasteiger partial charge in [0.15, 0.2) is 0 Å². The van der Waals surface area contributed by atoms with Gasteiger partial charge in [0.1, 0.15) is 5.82 Å². The molecule has 1 aromatic carbocycles. The molecule has 0 saturated carbocycles. The number of hydrogen-bond donors (Lipinski definition) is 1. The quantitative estimate of drug-likeness (QED) is 0.906. The van der Waals surface area contributed by atoms with Gasteiger partial charge in [-0.3, -0.25) is 4.79 Å². The molecule has 2 saturated heterocycles. The number of hydrogen-bond acceptors (Lipinski definition) is 3. The molecule has 1 aromatic rings. The number of carboxylic acid groups (broad SMARTS) is 1. The predicted molar refractivity (Wildman–Crippen MR) is 78.4 cm³/mol. The number of carboxylic acids is 1. The van der Waals surface area contributed by atoms with E-state index in [1.54, 1.807) is 0 Å². The molecule has 1 N–H and O–H groups in total. The molecule has 22 heavy (non-hydrogen) atoms. The molecule has 0 amide bonds. The smallest absolute Gasteiger partial charge is 0.308 e. The van der Waals surface area contributed by atoms with Gasteiger partial charge in [-0.1, -0.05) is 17.7 Å². The Morgan fingerprint density at radius 3 is 2.73 bits per heavy atom. The van der Waals surface area contributed by atoms with Crippen LogP contribution in [0, 0.1) is 11.7 Å². The van der Waals surface area contributed by atoms with Crippen LogP contribution >= 0.6 is 11.6 Å². The van der Waals surface area contributed by atoms with Crippen molar-refractivity contribution in [1.29, 1.82) is 0 Å². The van der Waals surface area contributed by atoms with Crippen LogP contribution in [0.25, 0.3) is 0 Å². The molecule has 0 radical (unpaired) electrons. The molecule has 2 aliphatic rings. The second-order valence-electron chi connectivity index (χ2n) is 5.81. The van der Waals surface area contributed by atoms with Crippen LogP contribution in [0.5, 0.6) is 0 Å². The average Bonchev–Trinajstić information content (AvgIpc) is 3.01. The summed E-state index contributed by atoms with van der Waals surface area (Å²) in [4.78, 5) is 11.2. The third kappa shape index (κ3) is 2.61. The van der Waals surface area contributed by atoms with E-state index in [1.165, 1.54) is 16.4 Å². The SMILES string of the molecule is O=C(O)C1CC2CCC1N2S(=O)(=O)Cc1ccc(Cl)c(F)c1. The second-order valence-corrected chi connectivity index (χ2v) is 8.09. The number of benzene rings is 1. The van der Waals surface area contributed by atoms with Crippen LogP contribution in [0.2, 0.25) is 5.02 Å². The van der Waals surface area contributed by atoms with Crippen molar-refractivity contribution < 1.29 is 22.7 Å². The normalized spacial score (nSPS) is 28.2. The molecule has 3 unspecified atom stereocenters. The maximum absolute atomic E-state index is 13.4. The van der Waals surface area contributed by atoms with Crippen LogP contribution in [-0.2, 0) is 20.6 Å². The van der Waals surface area contributed by atoms with Crippen LogP contribution in [0.3, 0.4) is 0 Å². The van der Waals surface area contributed by atoms with Crippen LogP contribution < -0.4 is 0 Å². The number of aliphatic carboxylic acids is 1. The molecule has 0 spiro atoms. The molecule has 120 valence electrons. The summed E-state index contributed by atoms with van der Waals surface area (Å²) in [5, 5.41) is 9.13. The first-order chi connectivity index (χ1) is 10.3. The van der Waals surface area contributed by atoms with Gasteiger partial charge in [-0.05, 0) is 37.0 Å². The Morgan fingerprint density at radius 1 is 1.41 bits per heavy atom.